The van der Waals surface area contributed by atoms with Crippen molar-refractivity contribution in [1.29, 1.82) is 0 Å². The Labute approximate surface area is 106 Å². The van der Waals surface area contributed by atoms with Gasteiger partial charge in [0.05, 0.1) is 4.88 Å². The molecule has 2 nitrogen and oxygen atoms in total. The lowest BCUT2D eigenvalue weighted by Crippen LogP contribution is -1.99. The third kappa shape index (κ3) is 2.18. The zero-order valence-electron chi connectivity index (χ0n) is 8.66. The second kappa shape index (κ2) is 4.39. The maximum Gasteiger partial charge on any atom is 0.204 e. The highest BCUT2D eigenvalue weighted by molar-refractivity contribution is 9.10. The molecule has 0 aliphatic rings. The normalized spacial score (nSPS) is 10.4. The number of aryl methyl sites for hydroxylation is 1. The number of ketones is 1. The van der Waals surface area contributed by atoms with Crippen molar-refractivity contribution < 1.29 is 4.79 Å². The van der Waals surface area contributed by atoms with Gasteiger partial charge in [0.2, 0.25) is 5.78 Å². The van der Waals surface area contributed by atoms with Crippen LogP contribution in [-0.4, -0.2) is 5.78 Å². The maximum atomic E-state index is 12.1. The summed E-state index contributed by atoms with van der Waals surface area (Å²) in [5.74, 6) is 0.0324. The van der Waals surface area contributed by atoms with Crippen molar-refractivity contribution in [1.82, 2.24) is 0 Å². The minimum Gasteiger partial charge on any atom is -0.399 e. The van der Waals surface area contributed by atoms with Crippen molar-refractivity contribution in [2.24, 2.45) is 0 Å². The lowest BCUT2D eigenvalue weighted by Gasteiger charge is -1.99. The van der Waals surface area contributed by atoms with E-state index in [1.165, 1.54) is 11.3 Å². The Kier molecular flexibility index (Phi) is 3.12. The molecule has 1 aromatic carbocycles. The highest BCUT2D eigenvalue weighted by Gasteiger charge is 2.15. The molecule has 2 N–H and O–H groups in total. The largest absolute Gasteiger partial charge is 0.399 e. The summed E-state index contributed by atoms with van der Waals surface area (Å²) in [6, 6.07) is 8.93. The first-order chi connectivity index (χ1) is 7.58. The van der Waals surface area contributed by atoms with Crippen LogP contribution < -0.4 is 5.73 Å². The number of halogens is 1. The SMILES string of the molecule is Cc1cc(Br)c(C(=O)c2ccc(N)cc2)s1. The summed E-state index contributed by atoms with van der Waals surface area (Å²) in [4.78, 5) is 14.0. The molecule has 1 heterocycles. The van der Waals surface area contributed by atoms with Crippen LogP contribution in [0.3, 0.4) is 0 Å². The molecule has 0 aliphatic carbocycles. The van der Waals surface area contributed by atoms with Crippen molar-refractivity contribution in [3.05, 3.63) is 50.1 Å². The van der Waals surface area contributed by atoms with Crippen molar-refractivity contribution in [3.8, 4) is 0 Å². The Hall–Kier alpha value is -1.13. The Morgan fingerprint density at radius 2 is 1.94 bits per heavy atom. The summed E-state index contributed by atoms with van der Waals surface area (Å²) < 4.78 is 0.858. The Balaban J connectivity index is 2.39. The molecule has 0 unspecified atom stereocenters. The van der Waals surface area contributed by atoms with E-state index in [1.54, 1.807) is 24.3 Å². The van der Waals surface area contributed by atoms with Gasteiger partial charge in [-0.2, -0.15) is 0 Å². The Morgan fingerprint density at radius 1 is 1.31 bits per heavy atom. The first-order valence-electron chi connectivity index (χ1n) is 4.74. The topological polar surface area (TPSA) is 43.1 Å². The van der Waals surface area contributed by atoms with E-state index in [2.05, 4.69) is 15.9 Å². The number of nitrogens with two attached hydrogens (primary N) is 1. The maximum absolute atomic E-state index is 12.1. The highest BCUT2D eigenvalue weighted by atomic mass is 79.9. The van der Waals surface area contributed by atoms with Gasteiger partial charge in [-0.3, -0.25) is 4.79 Å². The molecule has 0 spiro atoms. The van der Waals surface area contributed by atoms with Crippen LogP contribution in [0.25, 0.3) is 0 Å². The van der Waals surface area contributed by atoms with Crippen LogP contribution in [0.15, 0.2) is 34.8 Å². The highest BCUT2D eigenvalue weighted by Crippen LogP contribution is 2.29. The molecule has 82 valence electrons. The summed E-state index contributed by atoms with van der Waals surface area (Å²) >= 11 is 4.89. The van der Waals surface area contributed by atoms with Gasteiger partial charge in [-0.1, -0.05) is 0 Å². The lowest BCUT2D eigenvalue weighted by molar-refractivity contribution is 0.104. The van der Waals surface area contributed by atoms with E-state index in [-0.39, 0.29) is 5.78 Å². The van der Waals surface area contributed by atoms with Crippen LogP contribution in [0.5, 0.6) is 0 Å². The predicted octanol–water partition coefficient (Wildman–Crippen LogP) is 3.63. The van der Waals surface area contributed by atoms with Gasteiger partial charge in [-0.25, -0.2) is 0 Å². The minimum absolute atomic E-state index is 0.0324. The monoisotopic (exact) mass is 295 g/mol. The molecule has 2 aromatic rings. The van der Waals surface area contributed by atoms with Crippen molar-refractivity contribution in [3.63, 3.8) is 0 Å². The number of hydrogen-bond acceptors (Lipinski definition) is 3. The fourth-order valence-corrected chi connectivity index (χ4v) is 3.19. The van der Waals surface area contributed by atoms with Gasteiger partial charge in [0.1, 0.15) is 0 Å². The van der Waals surface area contributed by atoms with E-state index in [0.717, 1.165) is 14.2 Å². The fraction of sp³-hybridized carbons (Fsp3) is 0.0833. The number of carbonyl (C=O) groups is 1. The summed E-state index contributed by atoms with van der Waals surface area (Å²) in [5, 5.41) is 0. The van der Waals surface area contributed by atoms with Crippen LogP contribution in [0.4, 0.5) is 5.69 Å². The Bertz CT molecular complexity index is 530. The molecular weight excluding hydrogens is 286 g/mol. The average Bonchev–Trinajstić information content (AvgIpc) is 2.58. The van der Waals surface area contributed by atoms with E-state index in [0.29, 0.717) is 11.3 Å². The molecule has 0 fully saturated rings. The standard InChI is InChI=1S/C12H10BrNOS/c1-7-6-10(13)12(16-7)11(15)8-2-4-9(14)5-3-8/h2-6H,14H2,1H3. The zero-order valence-corrected chi connectivity index (χ0v) is 11.1. The van der Waals surface area contributed by atoms with Crippen LogP contribution in [0.1, 0.15) is 20.1 Å². The number of thiophene rings is 1. The number of anilines is 1. The molecule has 16 heavy (non-hydrogen) atoms. The fourth-order valence-electron chi connectivity index (χ4n) is 1.40. The third-order valence-electron chi connectivity index (χ3n) is 2.19. The molecule has 0 saturated carbocycles. The quantitative estimate of drug-likeness (QED) is 0.679. The van der Waals surface area contributed by atoms with E-state index < -0.39 is 0 Å². The van der Waals surface area contributed by atoms with Crippen molar-refractivity contribution in [2.45, 2.75) is 6.92 Å². The van der Waals surface area contributed by atoms with Gasteiger partial charge in [0.15, 0.2) is 0 Å². The van der Waals surface area contributed by atoms with Crippen molar-refractivity contribution in [2.75, 3.05) is 5.73 Å². The first-order valence-corrected chi connectivity index (χ1v) is 6.35. The van der Waals surface area contributed by atoms with Crippen LogP contribution in [0.2, 0.25) is 0 Å². The van der Waals surface area contributed by atoms with Gasteiger partial charge >= 0.3 is 0 Å². The molecule has 2 rings (SSSR count). The second-order valence-corrected chi connectivity index (χ2v) is 5.60. The first kappa shape index (κ1) is 11.4. The molecule has 4 heteroatoms. The second-order valence-electron chi connectivity index (χ2n) is 3.49. The molecule has 0 radical (unpaired) electrons. The third-order valence-corrected chi connectivity index (χ3v) is 4.13. The summed E-state index contributed by atoms with van der Waals surface area (Å²) in [7, 11) is 0. The molecule has 0 saturated heterocycles. The van der Waals surface area contributed by atoms with Crippen molar-refractivity contribution >= 4 is 38.7 Å². The average molecular weight is 296 g/mol. The van der Waals surface area contributed by atoms with Gasteiger partial charge in [-0.05, 0) is 53.2 Å². The molecule has 0 aliphatic heterocycles. The number of rotatable bonds is 2. The number of hydrogen-bond donors (Lipinski definition) is 1. The molecular formula is C12H10BrNOS. The van der Waals surface area contributed by atoms with Gasteiger partial charge in [-0.15, -0.1) is 11.3 Å². The van der Waals surface area contributed by atoms with Crippen LogP contribution in [-0.2, 0) is 0 Å². The number of carbonyl (C=O) groups excluding carboxylic acids is 1. The number of benzene rings is 1. The van der Waals surface area contributed by atoms with Gasteiger partial charge in [0.25, 0.3) is 0 Å². The molecule has 0 amide bonds. The van der Waals surface area contributed by atoms with E-state index in [1.807, 2.05) is 13.0 Å². The molecule has 0 bridgehead atoms. The van der Waals surface area contributed by atoms with E-state index in [4.69, 9.17) is 5.73 Å². The van der Waals surface area contributed by atoms with Crippen LogP contribution in [0, 0.1) is 6.92 Å². The minimum atomic E-state index is 0.0324. The molecule has 1 aromatic heterocycles. The predicted molar refractivity (Wildman–Crippen MR) is 71.0 cm³/mol. The van der Waals surface area contributed by atoms with Crippen LogP contribution >= 0.6 is 27.3 Å². The van der Waals surface area contributed by atoms with E-state index >= 15 is 0 Å². The Morgan fingerprint density at radius 3 is 2.44 bits per heavy atom. The summed E-state index contributed by atoms with van der Waals surface area (Å²) in [6.45, 7) is 1.98. The van der Waals surface area contributed by atoms with Gasteiger partial charge in [0, 0.05) is 20.6 Å². The van der Waals surface area contributed by atoms with Gasteiger partial charge < -0.3 is 5.73 Å². The zero-order chi connectivity index (χ0) is 11.7. The summed E-state index contributed by atoms with van der Waals surface area (Å²) in [6.07, 6.45) is 0. The van der Waals surface area contributed by atoms with E-state index in [9.17, 15) is 4.79 Å². The smallest absolute Gasteiger partial charge is 0.204 e. The number of nitrogen functional groups attached to an aromatic ring is 1. The summed E-state index contributed by atoms with van der Waals surface area (Å²) in [5.41, 5.74) is 6.91. The lowest BCUT2D eigenvalue weighted by atomic mass is 10.1. The molecule has 0 atom stereocenters.